The first kappa shape index (κ1) is 35.4. The van der Waals surface area contributed by atoms with E-state index in [1.54, 1.807) is 6.20 Å². The molecule has 4 aromatic carbocycles. The Bertz CT molecular complexity index is 1740. The molecule has 3 amide bonds. The number of benzene rings is 4. The molecule has 5 rings (SSSR count). The van der Waals surface area contributed by atoms with Crippen molar-refractivity contribution in [2.75, 3.05) is 19.7 Å². The highest BCUT2D eigenvalue weighted by Gasteiger charge is 2.25. The second-order valence-corrected chi connectivity index (χ2v) is 11.6. The number of aromatic nitrogens is 2. The normalized spacial score (nSPS) is 11.4. The van der Waals surface area contributed by atoms with Crippen LogP contribution in [0, 0.1) is 0 Å². The first-order valence-electron chi connectivity index (χ1n) is 16.4. The van der Waals surface area contributed by atoms with E-state index in [-0.39, 0.29) is 19.6 Å². The first-order chi connectivity index (χ1) is 24.5. The van der Waals surface area contributed by atoms with Crippen molar-refractivity contribution >= 4 is 17.9 Å². The molecule has 0 aliphatic carbocycles. The number of nitrogens with one attached hydrogen (secondary N) is 3. The monoisotopic (exact) mass is 675 g/mol. The lowest BCUT2D eigenvalue weighted by molar-refractivity contribution is -0.132. The van der Waals surface area contributed by atoms with Gasteiger partial charge < -0.3 is 24.5 Å². The van der Waals surface area contributed by atoms with Gasteiger partial charge in [0.15, 0.2) is 0 Å². The lowest BCUT2D eigenvalue weighted by Gasteiger charge is -2.23. The Hall–Kier alpha value is -5.94. The van der Waals surface area contributed by atoms with Gasteiger partial charge in [0.25, 0.3) is 0 Å². The lowest BCUT2D eigenvalue weighted by Crippen LogP contribution is -2.51. The molecule has 11 nitrogen and oxygen atoms in total. The third kappa shape index (κ3) is 12.3. The number of alkyl carbamates (subject to hydrolysis) is 1. The number of ether oxygens (including phenoxy) is 3. The maximum Gasteiger partial charge on any atom is 0.408 e. The highest BCUT2D eigenvalue weighted by Crippen LogP contribution is 2.16. The predicted octanol–water partition coefficient (Wildman–Crippen LogP) is 5.44. The summed E-state index contributed by atoms with van der Waals surface area (Å²) in [6.07, 6.45) is 2.97. The molecular formula is C39H41N5O6. The zero-order valence-electron chi connectivity index (χ0n) is 27.7. The molecule has 0 saturated heterocycles. The van der Waals surface area contributed by atoms with Gasteiger partial charge >= 0.3 is 6.09 Å². The molecular weight excluding hydrogens is 634 g/mol. The highest BCUT2D eigenvalue weighted by atomic mass is 16.5. The van der Waals surface area contributed by atoms with Crippen molar-refractivity contribution in [3.05, 3.63) is 150 Å². The molecule has 1 heterocycles. The van der Waals surface area contributed by atoms with Crippen molar-refractivity contribution in [2.24, 2.45) is 0 Å². The van der Waals surface area contributed by atoms with E-state index >= 15 is 0 Å². The third-order valence-electron chi connectivity index (χ3n) is 7.64. The number of hydrogen-bond acceptors (Lipinski definition) is 8. The van der Waals surface area contributed by atoms with Crippen molar-refractivity contribution in [3.63, 3.8) is 0 Å². The molecule has 258 valence electrons. The quantitative estimate of drug-likeness (QED) is 0.105. The van der Waals surface area contributed by atoms with Gasteiger partial charge in [-0.25, -0.2) is 9.78 Å². The van der Waals surface area contributed by atoms with E-state index < -0.39 is 23.9 Å². The van der Waals surface area contributed by atoms with Crippen LogP contribution in [0.4, 0.5) is 4.79 Å². The van der Waals surface area contributed by atoms with Gasteiger partial charge in [-0.1, -0.05) is 91.0 Å². The Kier molecular flexibility index (Phi) is 13.6. The van der Waals surface area contributed by atoms with Gasteiger partial charge in [-0.3, -0.25) is 19.8 Å². The van der Waals surface area contributed by atoms with E-state index in [1.165, 1.54) is 6.33 Å². The summed E-state index contributed by atoms with van der Waals surface area (Å²) in [4.78, 5) is 48.2. The van der Waals surface area contributed by atoms with Gasteiger partial charge in [0.05, 0.1) is 19.5 Å². The Morgan fingerprint density at radius 2 is 1.38 bits per heavy atom. The van der Waals surface area contributed by atoms with Crippen LogP contribution >= 0.6 is 0 Å². The summed E-state index contributed by atoms with van der Waals surface area (Å²) in [5.74, 6) is 0.345. The van der Waals surface area contributed by atoms with Crippen molar-refractivity contribution in [2.45, 2.75) is 38.6 Å². The Morgan fingerprint density at radius 1 is 0.740 bits per heavy atom. The number of aromatic amines is 1. The molecule has 0 unspecified atom stereocenters. The lowest BCUT2D eigenvalue weighted by atomic mass is 10.1. The van der Waals surface area contributed by atoms with E-state index in [1.807, 2.05) is 120 Å². The van der Waals surface area contributed by atoms with Crippen molar-refractivity contribution in [1.82, 2.24) is 25.5 Å². The van der Waals surface area contributed by atoms with Gasteiger partial charge in [0.2, 0.25) is 11.8 Å². The van der Waals surface area contributed by atoms with Crippen molar-refractivity contribution in [1.29, 1.82) is 0 Å². The maximum absolute atomic E-state index is 13.4. The van der Waals surface area contributed by atoms with Gasteiger partial charge in [-0.15, -0.1) is 0 Å². The fraction of sp³-hybridized carbons (Fsp3) is 0.231. The number of imide groups is 1. The van der Waals surface area contributed by atoms with Crippen LogP contribution in [0.3, 0.4) is 0 Å². The fourth-order valence-corrected chi connectivity index (χ4v) is 5.10. The highest BCUT2D eigenvalue weighted by molar-refractivity contribution is 5.99. The van der Waals surface area contributed by atoms with Crippen LogP contribution in [0.1, 0.15) is 28.8 Å². The largest absolute Gasteiger partial charge is 0.494 e. The topological polar surface area (TPSA) is 135 Å². The minimum Gasteiger partial charge on any atom is -0.494 e. The molecule has 0 bridgehead atoms. The summed E-state index contributed by atoms with van der Waals surface area (Å²) in [6, 6.07) is 35.3. The Balaban J connectivity index is 1.18. The van der Waals surface area contributed by atoms with Crippen LogP contribution in [0.2, 0.25) is 0 Å². The number of carbonyl (C=O) groups is 3. The summed E-state index contributed by atoms with van der Waals surface area (Å²) in [7, 11) is 0. The first-order valence-corrected chi connectivity index (χ1v) is 16.4. The average molecular weight is 676 g/mol. The van der Waals surface area contributed by atoms with Crippen molar-refractivity contribution in [3.8, 4) is 11.5 Å². The van der Waals surface area contributed by atoms with Gasteiger partial charge in [-0.2, -0.15) is 0 Å². The second-order valence-electron chi connectivity index (χ2n) is 11.6. The van der Waals surface area contributed by atoms with E-state index in [0.29, 0.717) is 38.4 Å². The fourth-order valence-electron chi connectivity index (χ4n) is 5.10. The van der Waals surface area contributed by atoms with E-state index in [9.17, 15) is 14.4 Å². The number of imidazole rings is 1. The molecule has 11 heteroatoms. The number of carbonyl (C=O) groups excluding carboxylic acids is 3. The van der Waals surface area contributed by atoms with Gasteiger partial charge in [0.1, 0.15) is 30.8 Å². The summed E-state index contributed by atoms with van der Waals surface area (Å²) in [5.41, 5.74) is 3.46. The summed E-state index contributed by atoms with van der Waals surface area (Å²) >= 11 is 0. The summed E-state index contributed by atoms with van der Waals surface area (Å²) in [5, 5.41) is 5.06. The van der Waals surface area contributed by atoms with Crippen LogP contribution < -0.4 is 20.1 Å². The molecule has 1 atom stereocenters. The SMILES string of the molecule is O=C(CN(CCCOc1ccccc1)Cc1ccc(OCc2ccccc2)cc1)NC(=O)[C@H](Cc1cnc[nH]1)NC(=O)OCc1ccccc1. The molecule has 5 aromatic rings. The van der Waals surface area contributed by atoms with Crippen LogP contribution in [0.25, 0.3) is 0 Å². The Labute approximate surface area is 291 Å². The number of rotatable bonds is 18. The number of amides is 3. The van der Waals surface area contributed by atoms with E-state index in [4.69, 9.17) is 14.2 Å². The number of H-pyrrole nitrogens is 1. The summed E-state index contributed by atoms with van der Waals surface area (Å²) in [6.45, 7) is 1.87. The molecule has 0 radical (unpaired) electrons. The number of nitrogens with zero attached hydrogens (tertiary/aromatic N) is 2. The second kappa shape index (κ2) is 19.2. The third-order valence-corrected chi connectivity index (χ3v) is 7.64. The minimum atomic E-state index is -1.08. The van der Waals surface area contributed by atoms with Gasteiger partial charge in [-0.05, 0) is 47.4 Å². The molecule has 50 heavy (non-hydrogen) atoms. The molecule has 3 N–H and O–H groups in total. The van der Waals surface area contributed by atoms with Gasteiger partial charge in [0, 0.05) is 31.4 Å². The average Bonchev–Trinajstić information content (AvgIpc) is 3.66. The van der Waals surface area contributed by atoms with Crippen LogP contribution in [-0.2, 0) is 40.5 Å². The molecule has 0 spiro atoms. The molecule has 0 aliphatic rings. The van der Waals surface area contributed by atoms with E-state index in [0.717, 1.165) is 28.2 Å². The zero-order valence-corrected chi connectivity index (χ0v) is 27.7. The smallest absolute Gasteiger partial charge is 0.408 e. The predicted molar refractivity (Wildman–Crippen MR) is 188 cm³/mol. The zero-order chi connectivity index (χ0) is 34.8. The maximum atomic E-state index is 13.4. The van der Waals surface area contributed by atoms with Crippen LogP contribution in [-0.4, -0.2) is 58.5 Å². The molecule has 1 aromatic heterocycles. The molecule has 0 saturated carbocycles. The van der Waals surface area contributed by atoms with Crippen molar-refractivity contribution < 1.29 is 28.6 Å². The van der Waals surface area contributed by atoms with E-state index in [2.05, 4.69) is 20.6 Å². The molecule has 0 fully saturated rings. The molecule has 0 aliphatic heterocycles. The summed E-state index contributed by atoms with van der Waals surface area (Å²) < 4.78 is 17.1. The van der Waals surface area contributed by atoms with Crippen LogP contribution in [0.5, 0.6) is 11.5 Å². The number of para-hydroxylation sites is 1. The standard InChI is InChI=1S/C39H41N5O6/c45-37(43-38(46)36(23-33-24-40-29-41-33)42-39(47)50-28-32-13-6-2-7-14-32)26-44(21-10-22-48-34-15-8-3-9-16-34)25-30-17-19-35(20-18-30)49-27-31-11-4-1-5-12-31/h1-9,11-20,24,29,36H,10,21-23,25-28H2,(H,40,41)(H,42,47)(H,43,45,46)/t36-/m0/s1. The number of hydrogen-bond donors (Lipinski definition) is 3. The minimum absolute atomic E-state index is 0.0348. The van der Waals surface area contributed by atoms with Crippen LogP contribution in [0.15, 0.2) is 128 Å². The Morgan fingerprint density at radius 3 is 2.04 bits per heavy atom.